The molecule has 1 aliphatic heterocycles. The van der Waals surface area contributed by atoms with Crippen molar-refractivity contribution in [3.63, 3.8) is 0 Å². The number of hydrogen-bond acceptors (Lipinski definition) is 4. The summed E-state index contributed by atoms with van der Waals surface area (Å²) >= 11 is 1.55. The van der Waals surface area contributed by atoms with Gasteiger partial charge >= 0.3 is 11.8 Å². The molecule has 4 rings (SSSR count). The topological polar surface area (TPSA) is 61.4 Å². The highest BCUT2D eigenvalue weighted by molar-refractivity contribution is 7.09. The molecule has 2 N–H and O–H groups in total. The number of rotatable bonds is 6. The predicted octanol–water partition coefficient (Wildman–Crippen LogP) is 3.29. The summed E-state index contributed by atoms with van der Waals surface area (Å²) < 4.78 is 0. The summed E-state index contributed by atoms with van der Waals surface area (Å²) in [7, 11) is 0. The van der Waals surface area contributed by atoms with Crippen molar-refractivity contribution in [2.75, 3.05) is 18.0 Å². The summed E-state index contributed by atoms with van der Waals surface area (Å²) in [5, 5.41) is 7.27. The Morgan fingerprint density at radius 3 is 2.43 bits per heavy atom. The van der Waals surface area contributed by atoms with E-state index in [1.165, 1.54) is 16.8 Å². The first kappa shape index (κ1) is 20.2. The Balaban J connectivity index is 1.22. The molecule has 3 aromatic rings. The average Bonchev–Trinajstić information content (AvgIpc) is 3.31. The zero-order valence-electron chi connectivity index (χ0n) is 16.8. The van der Waals surface area contributed by atoms with E-state index in [0.29, 0.717) is 19.5 Å². The number of anilines is 1. The minimum absolute atomic E-state index is 0.381. The summed E-state index contributed by atoms with van der Waals surface area (Å²) in [5.74, 6) is -1.18. The van der Waals surface area contributed by atoms with Crippen LogP contribution in [0.2, 0.25) is 0 Å². The fourth-order valence-corrected chi connectivity index (χ4v) is 4.30. The van der Waals surface area contributed by atoms with E-state index in [1.54, 1.807) is 11.3 Å². The molecule has 0 spiro atoms. The molecule has 2 amide bonds. The Bertz CT molecular complexity index is 1000. The summed E-state index contributed by atoms with van der Waals surface area (Å²) in [6.45, 7) is 2.77. The van der Waals surface area contributed by atoms with Gasteiger partial charge in [-0.15, -0.1) is 11.3 Å². The number of fused-ring (bicyclic) bond motifs is 1. The minimum atomic E-state index is -0.593. The Labute approximate surface area is 180 Å². The number of amides is 2. The van der Waals surface area contributed by atoms with E-state index in [1.807, 2.05) is 17.5 Å². The first-order valence-corrected chi connectivity index (χ1v) is 11.1. The van der Waals surface area contributed by atoms with Crippen LogP contribution in [0.4, 0.5) is 5.69 Å². The first-order chi connectivity index (χ1) is 14.7. The highest BCUT2D eigenvalue weighted by atomic mass is 32.1. The largest absolute Gasteiger partial charge is 0.367 e. The Morgan fingerprint density at radius 2 is 1.67 bits per heavy atom. The third-order valence-electron chi connectivity index (χ3n) is 5.34. The fourth-order valence-electron chi connectivity index (χ4n) is 3.65. The monoisotopic (exact) mass is 419 g/mol. The number of hydrogen-bond donors (Lipinski definition) is 2. The lowest BCUT2D eigenvalue weighted by Crippen LogP contribution is -2.40. The molecule has 1 aromatic heterocycles. The van der Waals surface area contributed by atoms with Crippen molar-refractivity contribution in [1.82, 2.24) is 10.6 Å². The van der Waals surface area contributed by atoms with E-state index >= 15 is 0 Å². The molecule has 0 fully saturated rings. The van der Waals surface area contributed by atoms with Gasteiger partial charge in [0, 0.05) is 30.2 Å². The smallest absolute Gasteiger partial charge is 0.309 e. The van der Waals surface area contributed by atoms with Crippen LogP contribution in [0.15, 0.2) is 66.0 Å². The third-order valence-corrected chi connectivity index (χ3v) is 6.22. The lowest BCUT2D eigenvalue weighted by molar-refractivity contribution is -0.139. The van der Waals surface area contributed by atoms with Gasteiger partial charge in [-0.2, -0.15) is 0 Å². The normalized spacial score (nSPS) is 12.9. The molecule has 6 heteroatoms. The van der Waals surface area contributed by atoms with E-state index in [9.17, 15) is 9.59 Å². The Hall–Kier alpha value is -3.12. The van der Waals surface area contributed by atoms with E-state index in [0.717, 1.165) is 30.0 Å². The van der Waals surface area contributed by atoms with Crippen molar-refractivity contribution < 1.29 is 9.59 Å². The van der Waals surface area contributed by atoms with E-state index in [4.69, 9.17) is 0 Å². The van der Waals surface area contributed by atoms with Crippen LogP contribution in [0.25, 0.3) is 0 Å². The highest BCUT2D eigenvalue weighted by Crippen LogP contribution is 2.24. The van der Waals surface area contributed by atoms with Gasteiger partial charge in [0.25, 0.3) is 0 Å². The van der Waals surface area contributed by atoms with Crippen LogP contribution in [0.5, 0.6) is 0 Å². The Morgan fingerprint density at radius 1 is 0.900 bits per heavy atom. The van der Waals surface area contributed by atoms with Crippen molar-refractivity contribution in [2.24, 2.45) is 0 Å². The van der Waals surface area contributed by atoms with Gasteiger partial charge in [0.2, 0.25) is 0 Å². The van der Waals surface area contributed by atoms with Crippen LogP contribution in [0, 0.1) is 0 Å². The van der Waals surface area contributed by atoms with Gasteiger partial charge < -0.3 is 15.5 Å². The summed E-state index contributed by atoms with van der Waals surface area (Å²) in [4.78, 5) is 27.2. The molecule has 154 valence electrons. The van der Waals surface area contributed by atoms with E-state index in [2.05, 4.69) is 64.1 Å². The zero-order chi connectivity index (χ0) is 20.8. The van der Waals surface area contributed by atoms with Crippen LogP contribution in [-0.2, 0) is 35.5 Å². The molecule has 0 aliphatic carbocycles. The second kappa shape index (κ2) is 9.59. The summed E-state index contributed by atoms with van der Waals surface area (Å²) in [6, 6.07) is 20.9. The van der Waals surface area contributed by atoms with Gasteiger partial charge in [0.15, 0.2) is 0 Å². The molecule has 0 unspecified atom stereocenters. The molecule has 30 heavy (non-hydrogen) atoms. The molecule has 2 aromatic carbocycles. The molecular weight excluding hydrogens is 394 g/mol. The maximum atomic E-state index is 11.9. The van der Waals surface area contributed by atoms with Gasteiger partial charge in [-0.1, -0.05) is 42.5 Å². The first-order valence-electron chi connectivity index (χ1n) is 10.2. The van der Waals surface area contributed by atoms with Crippen LogP contribution < -0.4 is 15.5 Å². The van der Waals surface area contributed by atoms with Crippen molar-refractivity contribution in [3.05, 3.63) is 87.6 Å². The summed E-state index contributed by atoms with van der Waals surface area (Å²) in [6.07, 6.45) is 1.76. The van der Waals surface area contributed by atoms with Crippen molar-refractivity contribution >= 4 is 28.8 Å². The van der Waals surface area contributed by atoms with Gasteiger partial charge in [-0.25, -0.2) is 0 Å². The highest BCUT2D eigenvalue weighted by Gasteiger charge is 2.16. The SMILES string of the molecule is O=C(NCCc1ccc(N2CCc3ccccc3C2)cc1)C(=O)NCc1cccs1. The van der Waals surface area contributed by atoms with Crippen LogP contribution in [0.3, 0.4) is 0 Å². The molecule has 5 nitrogen and oxygen atoms in total. The molecule has 0 radical (unpaired) electrons. The minimum Gasteiger partial charge on any atom is -0.367 e. The van der Waals surface area contributed by atoms with Crippen LogP contribution >= 0.6 is 11.3 Å². The second-order valence-corrected chi connectivity index (χ2v) is 8.41. The number of carbonyl (C=O) groups is 2. The van der Waals surface area contributed by atoms with Crippen molar-refractivity contribution in [3.8, 4) is 0 Å². The van der Waals surface area contributed by atoms with E-state index < -0.39 is 11.8 Å². The number of benzene rings is 2. The molecule has 2 heterocycles. The third kappa shape index (κ3) is 5.07. The molecule has 0 saturated heterocycles. The maximum absolute atomic E-state index is 11.9. The van der Waals surface area contributed by atoms with Gasteiger partial charge in [-0.05, 0) is 53.1 Å². The average molecular weight is 420 g/mol. The van der Waals surface area contributed by atoms with Crippen LogP contribution in [0.1, 0.15) is 21.6 Å². The maximum Gasteiger partial charge on any atom is 0.309 e. The molecule has 0 bridgehead atoms. The molecular formula is C24H25N3O2S. The standard InChI is InChI=1S/C24H25N3O2S/c28-23(24(29)26-16-22-6-3-15-30-22)25-13-11-18-7-9-21(10-8-18)27-14-12-19-4-1-2-5-20(19)17-27/h1-10,15H,11-14,16-17H2,(H,25,28)(H,26,29). The quantitative estimate of drug-likeness (QED) is 0.603. The number of nitrogens with zero attached hydrogens (tertiary/aromatic N) is 1. The van der Waals surface area contributed by atoms with Crippen molar-refractivity contribution in [1.29, 1.82) is 0 Å². The summed E-state index contributed by atoms with van der Waals surface area (Å²) in [5.41, 5.74) is 5.19. The molecule has 1 aliphatic rings. The second-order valence-electron chi connectivity index (χ2n) is 7.37. The molecule has 0 saturated carbocycles. The van der Waals surface area contributed by atoms with Gasteiger partial charge in [0.1, 0.15) is 0 Å². The molecule has 0 atom stereocenters. The van der Waals surface area contributed by atoms with Crippen molar-refractivity contribution in [2.45, 2.75) is 25.9 Å². The zero-order valence-corrected chi connectivity index (χ0v) is 17.6. The lowest BCUT2D eigenvalue weighted by Gasteiger charge is -2.30. The lowest BCUT2D eigenvalue weighted by atomic mass is 9.99. The predicted molar refractivity (Wildman–Crippen MR) is 121 cm³/mol. The fraction of sp³-hybridized carbons (Fsp3) is 0.250. The van der Waals surface area contributed by atoms with Gasteiger partial charge in [-0.3, -0.25) is 9.59 Å². The number of carbonyl (C=O) groups excluding carboxylic acids is 2. The van der Waals surface area contributed by atoms with Gasteiger partial charge in [0.05, 0.1) is 6.54 Å². The number of thiophene rings is 1. The Kier molecular flexibility index (Phi) is 6.44. The van der Waals surface area contributed by atoms with Crippen LogP contribution in [-0.4, -0.2) is 24.9 Å². The van der Waals surface area contributed by atoms with E-state index in [-0.39, 0.29) is 0 Å². The number of nitrogens with one attached hydrogen (secondary N) is 2.